The Morgan fingerprint density at radius 1 is 1.26 bits per heavy atom. The van der Waals surface area contributed by atoms with Crippen molar-refractivity contribution < 1.29 is 5.11 Å². The quantitative estimate of drug-likeness (QED) is 0.674. The van der Waals surface area contributed by atoms with E-state index in [0.29, 0.717) is 12.0 Å². The fraction of sp³-hybridized carbons (Fsp3) is 0.600. The third-order valence-electron chi connectivity index (χ3n) is 3.38. The highest BCUT2D eigenvalue weighted by Gasteiger charge is 2.12. The number of aliphatic hydroxyl groups is 1. The highest BCUT2D eigenvalue weighted by atomic mass is 79.9. The van der Waals surface area contributed by atoms with Gasteiger partial charge in [0.05, 0.1) is 0 Å². The second-order valence-electron chi connectivity index (χ2n) is 4.96. The zero-order valence-corrected chi connectivity index (χ0v) is 14.8. The Balaban J connectivity index is 2.55. The van der Waals surface area contributed by atoms with Gasteiger partial charge in [-0.1, -0.05) is 51.3 Å². The third-order valence-corrected chi connectivity index (χ3v) is 4.56. The van der Waals surface area contributed by atoms with Gasteiger partial charge in [0, 0.05) is 21.6 Å². The van der Waals surface area contributed by atoms with Crippen LogP contribution >= 0.6 is 31.9 Å². The Labute approximate surface area is 133 Å². The van der Waals surface area contributed by atoms with Crippen LogP contribution in [0.1, 0.15) is 44.7 Å². The molecule has 4 heteroatoms. The van der Waals surface area contributed by atoms with Gasteiger partial charge in [-0.2, -0.15) is 0 Å². The molecule has 108 valence electrons. The minimum Gasteiger partial charge on any atom is -0.396 e. The van der Waals surface area contributed by atoms with Gasteiger partial charge in [-0.3, -0.25) is 0 Å². The van der Waals surface area contributed by atoms with Gasteiger partial charge in [-0.25, -0.2) is 0 Å². The molecule has 0 aliphatic rings. The molecule has 0 aromatic heterocycles. The van der Waals surface area contributed by atoms with Crippen molar-refractivity contribution in [1.82, 2.24) is 5.32 Å². The van der Waals surface area contributed by atoms with Crippen LogP contribution in [-0.2, 0) is 0 Å². The predicted molar refractivity (Wildman–Crippen MR) is 88.4 cm³/mol. The van der Waals surface area contributed by atoms with Gasteiger partial charge in [-0.05, 0) is 49.9 Å². The average molecular weight is 393 g/mol. The number of hydrogen-bond acceptors (Lipinski definition) is 2. The standard InChI is InChI=1S/C15H23Br2NO/c1-3-4-12(7-8-19)10-18-11(2)14-6-5-13(16)9-15(14)17/h5-6,9,11-12,18-19H,3-4,7-8,10H2,1-2H3. The first kappa shape index (κ1) is 17.2. The van der Waals surface area contributed by atoms with Crippen molar-refractivity contribution in [2.75, 3.05) is 13.2 Å². The zero-order valence-electron chi connectivity index (χ0n) is 11.6. The minimum absolute atomic E-state index is 0.280. The molecule has 2 unspecified atom stereocenters. The van der Waals surface area contributed by atoms with Gasteiger partial charge in [-0.15, -0.1) is 0 Å². The third kappa shape index (κ3) is 5.94. The summed E-state index contributed by atoms with van der Waals surface area (Å²) in [5.41, 5.74) is 1.27. The van der Waals surface area contributed by atoms with Gasteiger partial charge in [0.2, 0.25) is 0 Å². The molecule has 2 atom stereocenters. The van der Waals surface area contributed by atoms with E-state index in [-0.39, 0.29) is 6.61 Å². The van der Waals surface area contributed by atoms with Crippen LogP contribution in [0.15, 0.2) is 27.1 Å². The lowest BCUT2D eigenvalue weighted by atomic mass is 9.99. The van der Waals surface area contributed by atoms with Crippen LogP contribution in [0.5, 0.6) is 0 Å². The van der Waals surface area contributed by atoms with E-state index < -0.39 is 0 Å². The average Bonchev–Trinajstić information content (AvgIpc) is 2.36. The topological polar surface area (TPSA) is 32.3 Å². The first-order chi connectivity index (χ1) is 9.08. The van der Waals surface area contributed by atoms with Crippen LogP contribution in [0.2, 0.25) is 0 Å². The van der Waals surface area contributed by atoms with Gasteiger partial charge in [0.1, 0.15) is 0 Å². The molecule has 0 heterocycles. The summed E-state index contributed by atoms with van der Waals surface area (Å²) < 4.78 is 2.20. The van der Waals surface area contributed by atoms with Gasteiger partial charge >= 0.3 is 0 Å². The molecule has 1 rings (SSSR count). The number of nitrogens with one attached hydrogen (secondary N) is 1. The van der Waals surface area contributed by atoms with Crippen molar-refractivity contribution in [2.45, 2.75) is 39.2 Å². The van der Waals surface area contributed by atoms with E-state index in [2.05, 4.69) is 69.2 Å². The molecule has 0 bridgehead atoms. The molecular weight excluding hydrogens is 370 g/mol. The molecular formula is C15H23Br2NO. The van der Waals surface area contributed by atoms with Crippen LogP contribution in [0.4, 0.5) is 0 Å². The predicted octanol–water partition coefficient (Wildman–Crippen LogP) is 4.66. The maximum atomic E-state index is 9.08. The molecule has 0 saturated heterocycles. The molecule has 1 aromatic carbocycles. The molecule has 0 aliphatic heterocycles. The Bertz CT molecular complexity index is 378. The van der Waals surface area contributed by atoms with E-state index in [1.807, 2.05) is 0 Å². The molecule has 19 heavy (non-hydrogen) atoms. The lowest BCUT2D eigenvalue weighted by Gasteiger charge is -2.21. The van der Waals surface area contributed by atoms with Crippen molar-refractivity contribution in [3.63, 3.8) is 0 Å². The van der Waals surface area contributed by atoms with Crippen molar-refractivity contribution >= 4 is 31.9 Å². The van der Waals surface area contributed by atoms with E-state index in [1.54, 1.807) is 0 Å². The van der Waals surface area contributed by atoms with Gasteiger partial charge in [0.15, 0.2) is 0 Å². The monoisotopic (exact) mass is 391 g/mol. The molecule has 0 spiro atoms. The first-order valence-electron chi connectivity index (χ1n) is 6.87. The van der Waals surface area contributed by atoms with E-state index in [0.717, 1.165) is 21.9 Å². The van der Waals surface area contributed by atoms with E-state index in [1.165, 1.54) is 18.4 Å². The lowest BCUT2D eigenvalue weighted by molar-refractivity contribution is 0.246. The largest absolute Gasteiger partial charge is 0.396 e. The van der Waals surface area contributed by atoms with Crippen LogP contribution in [0.25, 0.3) is 0 Å². The molecule has 0 fully saturated rings. The van der Waals surface area contributed by atoms with Crippen LogP contribution in [0.3, 0.4) is 0 Å². The molecule has 0 radical (unpaired) electrons. The van der Waals surface area contributed by atoms with Gasteiger partial charge < -0.3 is 10.4 Å². The number of benzene rings is 1. The minimum atomic E-state index is 0.280. The van der Waals surface area contributed by atoms with Crippen molar-refractivity contribution in [3.05, 3.63) is 32.7 Å². The molecule has 2 nitrogen and oxygen atoms in total. The van der Waals surface area contributed by atoms with Crippen LogP contribution in [0, 0.1) is 5.92 Å². The second kappa shape index (κ2) is 9.11. The summed E-state index contributed by atoms with van der Waals surface area (Å²) in [6, 6.07) is 6.58. The summed E-state index contributed by atoms with van der Waals surface area (Å²) in [4.78, 5) is 0. The summed E-state index contributed by atoms with van der Waals surface area (Å²) in [6.07, 6.45) is 3.22. The lowest BCUT2D eigenvalue weighted by Crippen LogP contribution is -2.26. The summed E-state index contributed by atoms with van der Waals surface area (Å²) in [5.74, 6) is 0.562. The Morgan fingerprint density at radius 3 is 2.58 bits per heavy atom. The summed E-state index contributed by atoms with van der Waals surface area (Å²) in [7, 11) is 0. The highest BCUT2D eigenvalue weighted by Crippen LogP contribution is 2.27. The van der Waals surface area contributed by atoms with Gasteiger partial charge in [0.25, 0.3) is 0 Å². The maximum absolute atomic E-state index is 9.08. The van der Waals surface area contributed by atoms with Crippen molar-refractivity contribution in [3.8, 4) is 0 Å². The van der Waals surface area contributed by atoms with Crippen LogP contribution in [-0.4, -0.2) is 18.3 Å². The summed E-state index contributed by atoms with van der Waals surface area (Å²) >= 11 is 7.08. The Kier molecular flexibility index (Phi) is 8.23. The van der Waals surface area contributed by atoms with E-state index in [9.17, 15) is 0 Å². The Morgan fingerprint density at radius 2 is 2.00 bits per heavy atom. The van der Waals surface area contributed by atoms with Crippen LogP contribution < -0.4 is 5.32 Å². The Hall–Kier alpha value is 0.1000. The number of rotatable bonds is 8. The number of halogens is 2. The fourth-order valence-corrected chi connectivity index (χ4v) is 3.64. The smallest absolute Gasteiger partial charge is 0.0434 e. The maximum Gasteiger partial charge on any atom is 0.0434 e. The van der Waals surface area contributed by atoms with E-state index >= 15 is 0 Å². The fourth-order valence-electron chi connectivity index (χ4n) is 2.25. The molecule has 0 amide bonds. The highest BCUT2D eigenvalue weighted by molar-refractivity contribution is 9.11. The summed E-state index contributed by atoms with van der Waals surface area (Å²) in [6.45, 7) is 5.61. The number of hydrogen-bond donors (Lipinski definition) is 2. The molecule has 1 aromatic rings. The van der Waals surface area contributed by atoms with Crippen molar-refractivity contribution in [1.29, 1.82) is 0 Å². The number of aliphatic hydroxyl groups excluding tert-OH is 1. The van der Waals surface area contributed by atoms with Crippen molar-refractivity contribution in [2.24, 2.45) is 5.92 Å². The second-order valence-corrected chi connectivity index (χ2v) is 6.73. The first-order valence-corrected chi connectivity index (χ1v) is 8.46. The normalized spacial score (nSPS) is 14.4. The summed E-state index contributed by atoms with van der Waals surface area (Å²) in [5, 5.41) is 12.7. The van der Waals surface area contributed by atoms with E-state index in [4.69, 9.17) is 5.11 Å². The zero-order chi connectivity index (χ0) is 14.3. The SMILES string of the molecule is CCCC(CCO)CNC(C)c1ccc(Br)cc1Br. The molecule has 0 aliphatic carbocycles. The molecule has 2 N–H and O–H groups in total. The molecule has 0 saturated carbocycles.